The maximum Gasteiger partial charge on any atom is 0.124 e. The van der Waals surface area contributed by atoms with Crippen LogP contribution in [0.2, 0.25) is 0 Å². The number of hydrogen-bond acceptors (Lipinski definition) is 5. The Kier molecular flexibility index (Phi) is 5.73. The van der Waals surface area contributed by atoms with E-state index in [0.717, 1.165) is 23.6 Å². The fraction of sp³-hybridized carbons (Fsp3) is 0.438. The second-order valence-electron chi connectivity index (χ2n) is 5.00. The molecule has 2 N–H and O–H groups in total. The van der Waals surface area contributed by atoms with Crippen LogP contribution in [0.3, 0.4) is 0 Å². The van der Waals surface area contributed by atoms with Crippen molar-refractivity contribution < 1.29 is 4.74 Å². The smallest absolute Gasteiger partial charge is 0.124 e. The highest BCUT2D eigenvalue weighted by Crippen LogP contribution is 2.29. The molecule has 0 bridgehead atoms. The molecular formula is C16H23N3OS. The molecule has 1 heterocycles. The summed E-state index contributed by atoms with van der Waals surface area (Å²) in [6.45, 7) is 6.10. The molecule has 0 radical (unpaired) electrons. The Morgan fingerprint density at radius 1 is 1.38 bits per heavy atom. The topological polar surface area (TPSA) is 51.4 Å². The van der Waals surface area contributed by atoms with Crippen LogP contribution < -0.4 is 10.5 Å². The largest absolute Gasteiger partial charge is 0.494 e. The standard InChI is InChI=1S/C16H23N3OS/c1-4-20-15-8-6-5-7-13(15)14(9-17)19(3)10-16-12(2)18-11-21-16/h5-8,11,14H,4,9-10,17H2,1-3H3. The summed E-state index contributed by atoms with van der Waals surface area (Å²) in [5.74, 6) is 0.920. The molecule has 0 saturated carbocycles. The summed E-state index contributed by atoms with van der Waals surface area (Å²) < 4.78 is 5.74. The maximum atomic E-state index is 6.03. The van der Waals surface area contributed by atoms with Gasteiger partial charge in [0.05, 0.1) is 23.9 Å². The van der Waals surface area contributed by atoms with Gasteiger partial charge in [-0.15, -0.1) is 11.3 Å². The van der Waals surface area contributed by atoms with Gasteiger partial charge in [0.1, 0.15) is 5.75 Å². The van der Waals surface area contributed by atoms with Crippen LogP contribution in [0.1, 0.15) is 29.1 Å². The number of aryl methyl sites for hydroxylation is 1. The first-order valence-electron chi connectivity index (χ1n) is 7.18. The van der Waals surface area contributed by atoms with Crippen LogP contribution in [0.4, 0.5) is 0 Å². The van der Waals surface area contributed by atoms with Crippen LogP contribution in [0, 0.1) is 6.92 Å². The van der Waals surface area contributed by atoms with E-state index in [1.54, 1.807) is 11.3 Å². The lowest BCUT2D eigenvalue weighted by atomic mass is 10.0. The third-order valence-corrected chi connectivity index (χ3v) is 4.49. The van der Waals surface area contributed by atoms with Crippen molar-refractivity contribution in [3.63, 3.8) is 0 Å². The summed E-state index contributed by atoms with van der Waals surface area (Å²) in [5.41, 5.74) is 10.2. The van der Waals surface area contributed by atoms with Crippen LogP contribution in [-0.2, 0) is 6.54 Å². The van der Waals surface area contributed by atoms with E-state index in [1.165, 1.54) is 4.88 Å². The van der Waals surface area contributed by atoms with E-state index in [9.17, 15) is 0 Å². The molecule has 114 valence electrons. The number of thiazole rings is 1. The number of nitrogens with two attached hydrogens (primary N) is 1. The van der Waals surface area contributed by atoms with Gasteiger partial charge in [-0.1, -0.05) is 18.2 Å². The van der Waals surface area contributed by atoms with Crippen LogP contribution in [0.25, 0.3) is 0 Å². The molecule has 0 aliphatic heterocycles. The number of likely N-dealkylation sites (N-methyl/N-ethyl adjacent to an activating group) is 1. The predicted octanol–water partition coefficient (Wildman–Crippen LogP) is 2.98. The number of aromatic nitrogens is 1. The molecule has 1 unspecified atom stereocenters. The van der Waals surface area contributed by atoms with Gasteiger partial charge in [-0.3, -0.25) is 4.90 Å². The van der Waals surface area contributed by atoms with Crippen molar-refractivity contribution in [3.8, 4) is 5.75 Å². The predicted molar refractivity (Wildman–Crippen MR) is 87.7 cm³/mol. The van der Waals surface area contributed by atoms with Gasteiger partial charge in [0.15, 0.2) is 0 Å². The summed E-state index contributed by atoms with van der Waals surface area (Å²) in [7, 11) is 2.10. The van der Waals surface area contributed by atoms with Crippen LogP contribution in [0.15, 0.2) is 29.8 Å². The van der Waals surface area contributed by atoms with E-state index in [2.05, 4.69) is 23.0 Å². The van der Waals surface area contributed by atoms with Crippen LogP contribution >= 0.6 is 11.3 Å². The molecule has 2 aromatic rings. The lowest BCUT2D eigenvalue weighted by Crippen LogP contribution is -2.30. The van der Waals surface area contributed by atoms with Gasteiger partial charge < -0.3 is 10.5 Å². The molecule has 0 fully saturated rings. The van der Waals surface area contributed by atoms with Gasteiger partial charge in [0.2, 0.25) is 0 Å². The Labute approximate surface area is 130 Å². The minimum absolute atomic E-state index is 0.134. The third kappa shape index (κ3) is 3.81. The molecule has 1 atom stereocenters. The lowest BCUT2D eigenvalue weighted by Gasteiger charge is -2.28. The van der Waals surface area contributed by atoms with Gasteiger partial charge in [0, 0.05) is 23.5 Å². The van der Waals surface area contributed by atoms with E-state index >= 15 is 0 Å². The van der Waals surface area contributed by atoms with E-state index in [-0.39, 0.29) is 6.04 Å². The Bertz CT molecular complexity index is 570. The molecule has 0 spiro atoms. The lowest BCUT2D eigenvalue weighted by molar-refractivity contribution is 0.234. The molecule has 1 aromatic carbocycles. The molecule has 5 heteroatoms. The zero-order chi connectivity index (χ0) is 15.2. The van der Waals surface area contributed by atoms with Crippen molar-refractivity contribution in [2.75, 3.05) is 20.2 Å². The zero-order valence-electron chi connectivity index (χ0n) is 12.9. The number of nitrogens with zero attached hydrogens (tertiary/aromatic N) is 2. The maximum absolute atomic E-state index is 6.03. The summed E-state index contributed by atoms with van der Waals surface area (Å²) in [6.07, 6.45) is 0. The molecule has 0 aliphatic rings. The molecule has 0 aliphatic carbocycles. The van der Waals surface area contributed by atoms with Crippen molar-refractivity contribution in [1.29, 1.82) is 0 Å². The molecule has 0 amide bonds. The summed E-state index contributed by atoms with van der Waals surface area (Å²) in [4.78, 5) is 7.86. The minimum atomic E-state index is 0.134. The average Bonchev–Trinajstić information content (AvgIpc) is 2.87. The van der Waals surface area contributed by atoms with E-state index in [0.29, 0.717) is 13.2 Å². The quantitative estimate of drug-likeness (QED) is 0.854. The SMILES string of the molecule is CCOc1ccccc1C(CN)N(C)Cc1scnc1C. The third-order valence-electron chi connectivity index (χ3n) is 3.57. The highest BCUT2D eigenvalue weighted by atomic mass is 32.1. The second-order valence-corrected chi connectivity index (χ2v) is 5.94. The van der Waals surface area contributed by atoms with Crippen LogP contribution in [0.5, 0.6) is 5.75 Å². The number of rotatable bonds is 7. The Hall–Kier alpha value is -1.43. The normalized spacial score (nSPS) is 12.6. The van der Waals surface area contributed by atoms with E-state index in [1.807, 2.05) is 37.6 Å². The zero-order valence-corrected chi connectivity index (χ0v) is 13.7. The average molecular weight is 305 g/mol. The van der Waals surface area contributed by atoms with Crippen molar-refractivity contribution >= 4 is 11.3 Å². The number of para-hydroxylation sites is 1. The highest BCUT2D eigenvalue weighted by Gasteiger charge is 2.20. The molecule has 0 saturated heterocycles. The van der Waals surface area contributed by atoms with Crippen molar-refractivity contribution in [1.82, 2.24) is 9.88 Å². The fourth-order valence-corrected chi connectivity index (χ4v) is 3.24. The number of ether oxygens (including phenoxy) is 1. The molecule has 21 heavy (non-hydrogen) atoms. The summed E-state index contributed by atoms with van der Waals surface area (Å²) in [5, 5.41) is 0. The van der Waals surface area contributed by atoms with Gasteiger partial charge >= 0.3 is 0 Å². The Morgan fingerprint density at radius 2 is 2.14 bits per heavy atom. The van der Waals surface area contributed by atoms with E-state index < -0.39 is 0 Å². The van der Waals surface area contributed by atoms with Crippen molar-refractivity contribution in [2.45, 2.75) is 26.4 Å². The van der Waals surface area contributed by atoms with Gasteiger partial charge in [-0.25, -0.2) is 4.98 Å². The van der Waals surface area contributed by atoms with Crippen LogP contribution in [-0.4, -0.2) is 30.1 Å². The van der Waals surface area contributed by atoms with Gasteiger partial charge in [-0.2, -0.15) is 0 Å². The first-order chi connectivity index (χ1) is 10.2. The highest BCUT2D eigenvalue weighted by molar-refractivity contribution is 7.09. The second kappa shape index (κ2) is 7.54. The van der Waals surface area contributed by atoms with E-state index in [4.69, 9.17) is 10.5 Å². The van der Waals surface area contributed by atoms with Crippen molar-refractivity contribution in [2.24, 2.45) is 5.73 Å². The monoisotopic (exact) mass is 305 g/mol. The fourth-order valence-electron chi connectivity index (χ4n) is 2.40. The molecular weight excluding hydrogens is 282 g/mol. The van der Waals surface area contributed by atoms with Gasteiger partial charge in [0.25, 0.3) is 0 Å². The Balaban J connectivity index is 2.21. The number of benzene rings is 1. The van der Waals surface area contributed by atoms with Gasteiger partial charge in [-0.05, 0) is 27.0 Å². The summed E-state index contributed by atoms with van der Waals surface area (Å²) >= 11 is 1.69. The number of hydrogen-bond donors (Lipinski definition) is 1. The molecule has 4 nitrogen and oxygen atoms in total. The van der Waals surface area contributed by atoms with Crippen molar-refractivity contribution in [3.05, 3.63) is 45.9 Å². The molecule has 2 rings (SSSR count). The first-order valence-corrected chi connectivity index (χ1v) is 8.06. The summed E-state index contributed by atoms with van der Waals surface area (Å²) in [6, 6.07) is 8.27. The Morgan fingerprint density at radius 3 is 2.76 bits per heavy atom. The molecule has 1 aromatic heterocycles. The minimum Gasteiger partial charge on any atom is -0.494 e. The first kappa shape index (κ1) is 15.9.